The lowest BCUT2D eigenvalue weighted by Gasteiger charge is -2.27. The summed E-state index contributed by atoms with van der Waals surface area (Å²) in [5, 5.41) is 4.79. The second kappa shape index (κ2) is 8.32. The van der Waals surface area contributed by atoms with E-state index in [2.05, 4.69) is 56.9 Å². The molecule has 1 aliphatic rings. The highest BCUT2D eigenvalue weighted by atomic mass is 32.2. The molecule has 1 unspecified atom stereocenters. The van der Waals surface area contributed by atoms with Gasteiger partial charge in [-0.05, 0) is 42.6 Å². The van der Waals surface area contributed by atoms with Crippen molar-refractivity contribution in [3.05, 3.63) is 34.6 Å². The second-order valence-electron chi connectivity index (χ2n) is 9.00. The van der Waals surface area contributed by atoms with E-state index in [1.165, 1.54) is 5.56 Å². The number of benzene rings is 1. The van der Waals surface area contributed by atoms with Gasteiger partial charge in [0.2, 0.25) is 0 Å². The molecule has 0 radical (unpaired) electrons. The first-order valence-electron chi connectivity index (χ1n) is 10.2. The average Bonchev–Trinajstić information content (AvgIpc) is 3.14. The van der Waals surface area contributed by atoms with Crippen molar-refractivity contribution in [2.24, 2.45) is 7.05 Å². The predicted molar refractivity (Wildman–Crippen MR) is 120 cm³/mol. The lowest BCUT2D eigenvalue weighted by molar-refractivity contribution is 0.155. The lowest BCUT2D eigenvalue weighted by atomic mass is 9.87. The van der Waals surface area contributed by atoms with Crippen molar-refractivity contribution in [3.8, 4) is 11.4 Å². The topological polar surface area (TPSA) is 60.1 Å². The molecule has 0 N–H and O–H groups in total. The Hall–Kier alpha value is -1.51. The van der Waals surface area contributed by atoms with Gasteiger partial charge in [-0.15, -0.1) is 0 Å². The van der Waals surface area contributed by atoms with Crippen LogP contribution in [0.2, 0.25) is 0 Å². The molecule has 3 rings (SSSR count). The van der Waals surface area contributed by atoms with Crippen molar-refractivity contribution in [1.82, 2.24) is 19.2 Å². The van der Waals surface area contributed by atoms with Gasteiger partial charge in [-0.3, -0.25) is 4.90 Å². The largest absolute Gasteiger partial charge is 0.303 e. The van der Waals surface area contributed by atoms with Crippen molar-refractivity contribution in [3.63, 3.8) is 0 Å². The van der Waals surface area contributed by atoms with E-state index in [9.17, 15) is 8.42 Å². The van der Waals surface area contributed by atoms with Gasteiger partial charge in [0.25, 0.3) is 0 Å². The monoisotopic (exact) mass is 436 g/mol. The van der Waals surface area contributed by atoms with Crippen molar-refractivity contribution >= 4 is 22.1 Å². The summed E-state index contributed by atoms with van der Waals surface area (Å²) in [6.07, 6.45) is 1.64. The summed E-state index contributed by atoms with van der Waals surface area (Å²) < 4.78 is 28.3. The summed E-state index contributed by atoms with van der Waals surface area (Å²) in [5.74, 6) is 1.33. The van der Waals surface area contributed by atoms with Crippen LogP contribution in [0.15, 0.2) is 24.3 Å². The Morgan fingerprint density at radius 2 is 1.90 bits per heavy atom. The standard InChI is InChI=1S/C21H32N4O2S2/c1-6-12-24(18-11-13-29(26,27)14-18)15-25-20(28)23(5)19(22-25)16-7-9-17(10-8-16)21(2,3)4/h7-10,18H,6,11-15H2,1-5H3. The quantitative estimate of drug-likeness (QED) is 0.645. The minimum atomic E-state index is -2.93. The Morgan fingerprint density at radius 1 is 1.24 bits per heavy atom. The van der Waals surface area contributed by atoms with E-state index in [-0.39, 0.29) is 23.0 Å². The van der Waals surface area contributed by atoms with E-state index in [4.69, 9.17) is 17.3 Å². The first-order valence-corrected chi connectivity index (χ1v) is 12.4. The molecule has 0 saturated carbocycles. The molecule has 1 saturated heterocycles. The zero-order valence-corrected chi connectivity index (χ0v) is 19.7. The van der Waals surface area contributed by atoms with Crippen LogP contribution in [0.4, 0.5) is 0 Å². The summed E-state index contributed by atoms with van der Waals surface area (Å²) in [4.78, 5) is 2.21. The minimum Gasteiger partial charge on any atom is -0.303 e. The third-order valence-electron chi connectivity index (χ3n) is 5.60. The molecule has 2 aromatic rings. The summed E-state index contributed by atoms with van der Waals surface area (Å²) in [6.45, 7) is 10.0. The maximum Gasteiger partial charge on any atom is 0.199 e. The molecule has 160 valence electrons. The van der Waals surface area contributed by atoms with Gasteiger partial charge in [-0.1, -0.05) is 52.0 Å². The molecule has 0 amide bonds. The average molecular weight is 437 g/mol. The van der Waals surface area contributed by atoms with Crippen molar-refractivity contribution in [1.29, 1.82) is 0 Å². The molecule has 0 spiro atoms. The van der Waals surface area contributed by atoms with E-state index in [0.29, 0.717) is 17.9 Å². The SMILES string of the molecule is CCCN(Cn1nc(-c2ccc(C(C)(C)C)cc2)n(C)c1=S)C1CCS(=O)(=O)C1. The molecule has 1 fully saturated rings. The first kappa shape index (κ1) is 22.2. The van der Waals surface area contributed by atoms with Crippen LogP contribution in [0.25, 0.3) is 11.4 Å². The van der Waals surface area contributed by atoms with Crippen molar-refractivity contribution < 1.29 is 8.42 Å². The van der Waals surface area contributed by atoms with E-state index in [1.807, 2.05) is 16.3 Å². The van der Waals surface area contributed by atoms with Gasteiger partial charge in [-0.2, -0.15) is 5.10 Å². The fourth-order valence-corrected chi connectivity index (χ4v) is 5.79. The van der Waals surface area contributed by atoms with Crippen LogP contribution < -0.4 is 0 Å². The Kier molecular flexibility index (Phi) is 6.36. The smallest absolute Gasteiger partial charge is 0.199 e. The number of aromatic nitrogens is 3. The van der Waals surface area contributed by atoms with Crippen LogP contribution in [0.5, 0.6) is 0 Å². The zero-order chi connectivity index (χ0) is 21.4. The van der Waals surface area contributed by atoms with Gasteiger partial charge in [0, 0.05) is 18.7 Å². The van der Waals surface area contributed by atoms with Crippen LogP contribution in [0.3, 0.4) is 0 Å². The van der Waals surface area contributed by atoms with Gasteiger partial charge in [-0.25, -0.2) is 13.1 Å². The predicted octanol–water partition coefficient (Wildman–Crippen LogP) is 3.77. The van der Waals surface area contributed by atoms with Crippen molar-refractivity contribution in [2.75, 3.05) is 18.1 Å². The summed E-state index contributed by atoms with van der Waals surface area (Å²) in [5.41, 5.74) is 2.40. The van der Waals surface area contributed by atoms with Crippen LogP contribution in [0, 0.1) is 4.77 Å². The van der Waals surface area contributed by atoms with Gasteiger partial charge in [0.1, 0.15) is 0 Å². The van der Waals surface area contributed by atoms with E-state index >= 15 is 0 Å². The summed E-state index contributed by atoms with van der Waals surface area (Å²) in [6, 6.07) is 8.51. The van der Waals surface area contributed by atoms with Crippen LogP contribution in [-0.2, 0) is 29.0 Å². The van der Waals surface area contributed by atoms with Crippen molar-refractivity contribution in [2.45, 2.75) is 58.7 Å². The van der Waals surface area contributed by atoms with E-state index in [1.54, 1.807) is 0 Å². The molecule has 1 atom stereocenters. The third kappa shape index (κ3) is 4.98. The first-order chi connectivity index (χ1) is 13.5. The fraction of sp³-hybridized carbons (Fsp3) is 0.619. The summed E-state index contributed by atoms with van der Waals surface area (Å²) >= 11 is 5.64. The molecule has 2 heterocycles. The number of hydrogen-bond acceptors (Lipinski definition) is 5. The number of rotatable bonds is 6. The van der Waals surface area contributed by atoms with E-state index < -0.39 is 9.84 Å². The van der Waals surface area contributed by atoms with Crippen LogP contribution in [0.1, 0.15) is 46.1 Å². The normalized spacial score (nSPS) is 19.2. The number of hydrogen-bond donors (Lipinski definition) is 0. The Morgan fingerprint density at radius 3 is 2.41 bits per heavy atom. The number of nitrogens with zero attached hydrogens (tertiary/aromatic N) is 4. The Bertz CT molecular complexity index is 1010. The zero-order valence-electron chi connectivity index (χ0n) is 18.1. The van der Waals surface area contributed by atoms with Gasteiger partial charge >= 0.3 is 0 Å². The maximum absolute atomic E-state index is 11.9. The van der Waals surface area contributed by atoms with Gasteiger partial charge < -0.3 is 4.57 Å². The fourth-order valence-electron chi connectivity index (χ4n) is 3.84. The maximum atomic E-state index is 11.9. The molecule has 8 heteroatoms. The van der Waals surface area contributed by atoms with Gasteiger partial charge in [0.05, 0.1) is 18.2 Å². The Balaban J connectivity index is 1.87. The number of sulfone groups is 1. The molecule has 1 aliphatic heterocycles. The highest BCUT2D eigenvalue weighted by molar-refractivity contribution is 7.91. The van der Waals surface area contributed by atoms with Crippen LogP contribution in [-0.4, -0.2) is 51.8 Å². The van der Waals surface area contributed by atoms with Crippen LogP contribution >= 0.6 is 12.2 Å². The molecular weight excluding hydrogens is 404 g/mol. The highest BCUT2D eigenvalue weighted by Gasteiger charge is 2.32. The van der Waals surface area contributed by atoms with E-state index in [0.717, 1.165) is 24.4 Å². The second-order valence-corrected chi connectivity index (χ2v) is 11.6. The minimum absolute atomic E-state index is 0.0402. The molecule has 0 aliphatic carbocycles. The Labute approximate surface area is 179 Å². The highest BCUT2D eigenvalue weighted by Crippen LogP contribution is 2.26. The molecule has 0 bridgehead atoms. The molecule has 1 aromatic carbocycles. The molecule has 29 heavy (non-hydrogen) atoms. The third-order valence-corrected chi connectivity index (χ3v) is 7.84. The molecule has 6 nitrogen and oxygen atoms in total. The molecule has 1 aromatic heterocycles. The lowest BCUT2D eigenvalue weighted by Crippen LogP contribution is -2.38. The van der Waals surface area contributed by atoms with Gasteiger partial charge in [0.15, 0.2) is 20.4 Å². The summed E-state index contributed by atoms with van der Waals surface area (Å²) in [7, 11) is -0.992. The molecular formula is C21H32N4O2S2.